The summed E-state index contributed by atoms with van der Waals surface area (Å²) in [5.41, 5.74) is 1.22. The predicted octanol–water partition coefficient (Wildman–Crippen LogP) is 3.89. The number of hydrogen-bond acceptors (Lipinski definition) is 3. The summed E-state index contributed by atoms with van der Waals surface area (Å²) in [6.45, 7) is 8.02. The Hall–Kier alpha value is -1.82. The Kier molecular flexibility index (Phi) is 4.67. The van der Waals surface area contributed by atoms with Gasteiger partial charge in [-0.3, -0.25) is 4.79 Å². The van der Waals surface area contributed by atoms with E-state index in [9.17, 15) is 4.79 Å². The summed E-state index contributed by atoms with van der Waals surface area (Å²) in [5.74, 6) is -0.194. The molecule has 1 aliphatic heterocycles. The maximum Gasteiger partial charge on any atom is 0.494 e. The normalized spacial score (nSPS) is 18.2. The van der Waals surface area contributed by atoms with Crippen LogP contribution < -0.4 is 10.8 Å². The van der Waals surface area contributed by atoms with E-state index in [4.69, 9.17) is 20.9 Å². The lowest BCUT2D eigenvalue weighted by Gasteiger charge is -2.32. The number of hydrogen-bond donors (Lipinski definition) is 1. The van der Waals surface area contributed by atoms with Crippen molar-refractivity contribution in [3.8, 4) is 0 Å². The van der Waals surface area contributed by atoms with Gasteiger partial charge >= 0.3 is 7.12 Å². The summed E-state index contributed by atoms with van der Waals surface area (Å²) < 4.78 is 12.1. The van der Waals surface area contributed by atoms with Gasteiger partial charge in [0, 0.05) is 16.3 Å². The van der Waals surface area contributed by atoms with Crippen LogP contribution in [0.1, 0.15) is 38.1 Å². The van der Waals surface area contributed by atoms with Crippen molar-refractivity contribution in [3.05, 3.63) is 59.1 Å². The lowest BCUT2D eigenvalue weighted by Crippen LogP contribution is -2.41. The number of anilines is 1. The first-order valence-electron chi connectivity index (χ1n) is 8.20. The van der Waals surface area contributed by atoms with E-state index in [1.807, 2.05) is 39.8 Å². The van der Waals surface area contributed by atoms with Gasteiger partial charge in [-0.25, -0.2) is 0 Å². The summed E-state index contributed by atoms with van der Waals surface area (Å²) in [5, 5.41) is 3.48. The predicted molar refractivity (Wildman–Crippen MR) is 102 cm³/mol. The molecule has 0 aliphatic carbocycles. The molecule has 0 unspecified atom stereocenters. The van der Waals surface area contributed by atoms with Gasteiger partial charge in [-0.2, -0.15) is 0 Å². The van der Waals surface area contributed by atoms with Gasteiger partial charge in [-0.1, -0.05) is 23.7 Å². The fourth-order valence-corrected chi connectivity index (χ4v) is 2.67. The second kappa shape index (κ2) is 6.48. The van der Waals surface area contributed by atoms with Crippen molar-refractivity contribution < 1.29 is 14.1 Å². The molecule has 25 heavy (non-hydrogen) atoms. The van der Waals surface area contributed by atoms with Crippen molar-refractivity contribution >= 4 is 35.8 Å². The average molecular weight is 358 g/mol. The molecular formula is C19H21BClNO3. The summed E-state index contributed by atoms with van der Waals surface area (Å²) in [4.78, 5) is 12.5. The van der Waals surface area contributed by atoms with Gasteiger partial charge in [0.15, 0.2) is 0 Å². The SMILES string of the molecule is CC1(C)OB(c2cccc(C(=O)Nc3ccc(Cl)cc3)c2)OC1(C)C. The van der Waals surface area contributed by atoms with E-state index in [0.29, 0.717) is 16.3 Å². The van der Waals surface area contributed by atoms with Crippen molar-refractivity contribution in [2.45, 2.75) is 38.9 Å². The number of benzene rings is 2. The van der Waals surface area contributed by atoms with Gasteiger partial charge in [0.2, 0.25) is 0 Å². The molecule has 2 aromatic rings. The molecule has 0 spiro atoms. The van der Waals surface area contributed by atoms with Crippen molar-refractivity contribution in [1.82, 2.24) is 0 Å². The quantitative estimate of drug-likeness (QED) is 0.848. The van der Waals surface area contributed by atoms with Gasteiger partial charge in [0.05, 0.1) is 11.2 Å². The second-order valence-corrected chi connectivity index (χ2v) is 7.61. The van der Waals surface area contributed by atoms with Crippen molar-refractivity contribution in [2.75, 3.05) is 5.32 Å². The smallest absolute Gasteiger partial charge is 0.399 e. The minimum atomic E-state index is -0.492. The lowest BCUT2D eigenvalue weighted by atomic mass is 9.78. The van der Waals surface area contributed by atoms with Crippen molar-refractivity contribution in [2.24, 2.45) is 0 Å². The highest BCUT2D eigenvalue weighted by Gasteiger charge is 2.51. The van der Waals surface area contributed by atoms with E-state index < -0.39 is 18.3 Å². The highest BCUT2D eigenvalue weighted by Crippen LogP contribution is 2.36. The number of rotatable bonds is 3. The third-order valence-electron chi connectivity index (χ3n) is 4.78. The van der Waals surface area contributed by atoms with Crippen molar-refractivity contribution in [3.63, 3.8) is 0 Å². The Morgan fingerprint density at radius 2 is 1.60 bits per heavy atom. The van der Waals surface area contributed by atoms with Crippen LogP contribution in [-0.2, 0) is 9.31 Å². The van der Waals surface area contributed by atoms with Gasteiger partial charge in [-0.15, -0.1) is 0 Å². The molecule has 6 heteroatoms. The zero-order valence-corrected chi connectivity index (χ0v) is 15.6. The van der Waals surface area contributed by atoms with E-state index in [0.717, 1.165) is 5.46 Å². The molecule has 1 heterocycles. The first-order valence-corrected chi connectivity index (χ1v) is 8.58. The molecule has 1 fully saturated rings. The molecule has 0 radical (unpaired) electrons. The number of carbonyl (C=O) groups excluding carboxylic acids is 1. The molecule has 130 valence electrons. The molecule has 0 aromatic heterocycles. The van der Waals surface area contributed by atoms with Crippen LogP contribution in [0, 0.1) is 0 Å². The van der Waals surface area contributed by atoms with E-state index in [1.54, 1.807) is 36.4 Å². The molecule has 0 atom stereocenters. The van der Waals surface area contributed by atoms with E-state index in [1.165, 1.54) is 0 Å². The second-order valence-electron chi connectivity index (χ2n) is 7.17. The minimum Gasteiger partial charge on any atom is -0.399 e. The van der Waals surface area contributed by atoms with E-state index in [2.05, 4.69) is 5.32 Å². The van der Waals surface area contributed by atoms with Gasteiger partial charge in [-0.05, 0) is 69.6 Å². The molecule has 2 aromatic carbocycles. The van der Waals surface area contributed by atoms with Crippen LogP contribution in [0.2, 0.25) is 5.02 Å². The zero-order chi connectivity index (χ0) is 18.2. The Morgan fingerprint density at radius 3 is 2.20 bits per heavy atom. The maximum absolute atomic E-state index is 12.5. The maximum atomic E-state index is 12.5. The average Bonchev–Trinajstić information content (AvgIpc) is 2.78. The number of halogens is 1. The standard InChI is InChI=1S/C19H21BClNO3/c1-18(2)19(3,4)25-20(24-18)14-7-5-6-13(12-14)17(23)22-16-10-8-15(21)9-11-16/h5-12H,1-4H3,(H,22,23). The molecule has 0 saturated carbocycles. The topological polar surface area (TPSA) is 47.6 Å². The van der Waals surface area contributed by atoms with Crippen LogP contribution in [-0.4, -0.2) is 24.2 Å². The van der Waals surface area contributed by atoms with Crippen LogP contribution in [0.15, 0.2) is 48.5 Å². The molecule has 0 bridgehead atoms. The van der Waals surface area contributed by atoms with E-state index in [-0.39, 0.29) is 5.91 Å². The van der Waals surface area contributed by atoms with Crippen LogP contribution >= 0.6 is 11.6 Å². The molecule has 3 rings (SSSR count). The van der Waals surface area contributed by atoms with Crippen LogP contribution in [0.3, 0.4) is 0 Å². The number of nitrogens with one attached hydrogen (secondary N) is 1. The Morgan fingerprint density at radius 1 is 1.00 bits per heavy atom. The van der Waals surface area contributed by atoms with Gasteiger partial charge in [0.1, 0.15) is 0 Å². The third kappa shape index (κ3) is 3.74. The summed E-state index contributed by atoms with van der Waals surface area (Å²) in [7, 11) is -0.492. The first-order chi connectivity index (χ1) is 11.7. The van der Waals surface area contributed by atoms with E-state index >= 15 is 0 Å². The summed E-state index contributed by atoms with van der Waals surface area (Å²) in [6, 6.07) is 14.3. The van der Waals surface area contributed by atoms with Crippen LogP contribution in [0.4, 0.5) is 5.69 Å². The van der Waals surface area contributed by atoms with Crippen LogP contribution in [0.25, 0.3) is 0 Å². The van der Waals surface area contributed by atoms with Gasteiger partial charge < -0.3 is 14.6 Å². The van der Waals surface area contributed by atoms with Gasteiger partial charge in [0.25, 0.3) is 5.91 Å². The highest BCUT2D eigenvalue weighted by molar-refractivity contribution is 6.62. The number of carbonyl (C=O) groups is 1. The summed E-state index contributed by atoms with van der Waals surface area (Å²) in [6.07, 6.45) is 0. The fourth-order valence-electron chi connectivity index (χ4n) is 2.54. The molecule has 1 saturated heterocycles. The molecular weight excluding hydrogens is 336 g/mol. The molecule has 1 aliphatic rings. The van der Waals surface area contributed by atoms with Crippen molar-refractivity contribution in [1.29, 1.82) is 0 Å². The Balaban J connectivity index is 1.78. The highest BCUT2D eigenvalue weighted by atomic mass is 35.5. The molecule has 1 amide bonds. The first kappa shape index (κ1) is 18.0. The number of amides is 1. The lowest BCUT2D eigenvalue weighted by molar-refractivity contribution is 0.00578. The minimum absolute atomic E-state index is 0.194. The zero-order valence-electron chi connectivity index (χ0n) is 14.8. The van der Waals surface area contributed by atoms with Crippen LogP contribution in [0.5, 0.6) is 0 Å². The Bertz CT molecular complexity index is 774. The third-order valence-corrected chi connectivity index (χ3v) is 5.03. The monoisotopic (exact) mass is 357 g/mol. The summed E-state index contributed by atoms with van der Waals surface area (Å²) >= 11 is 5.86. The Labute approximate surface area is 153 Å². The fraction of sp³-hybridized carbons (Fsp3) is 0.316. The largest absolute Gasteiger partial charge is 0.494 e. The molecule has 4 nitrogen and oxygen atoms in total. The molecule has 1 N–H and O–H groups in total.